The first-order chi connectivity index (χ1) is 72.6. The second-order valence-corrected chi connectivity index (χ2v) is 46.1. The molecule has 0 aromatic heterocycles. The number of nitrogens with zero attached hydrogens (tertiary/aromatic N) is 4. The highest BCUT2D eigenvalue weighted by atomic mass is 16.5. The van der Waals surface area contributed by atoms with Gasteiger partial charge in [0.1, 0.15) is 23.0 Å². The molecule has 20 aromatic carbocycles. The Kier molecular flexibility index (Phi) is 22.3. The van der Waals surface area contributed by atoms with E-state index in [1.807, 2.05) is 0 Å². The van der Waals surface area contributed by atoms with E-state index in [0.29, 0.717) is 0 Å². The van der Waals surface area contributed by atoms with E-state index >= 15 is 0 Å². The molecule has 150 heavy (non-hydrogen) atoms. The highest BCUT2D eigenvalue weighted by Crippen LogP contribution is 2.70. The minimum Gasteiger partial charge on any atom is -0.457 e. The molecule has 0 amide bonds. The van der Waals surface area contributed by atoms with Gasteiger partial charge in [-0.05, 0) is 282 Å². The number of fused-ring (bicyclic) bond motifs is 34. The number of rotatable bonds is 4. The fourth-order valence-electron chi connectivity index (χ4n) is 26.0. The summed E-state index contributed by atoms with van der Waals surface area (Å²) in [5, 5.41) is 0. The summed E-state index contributed by atoms with van der Waals surface area (Å²) in [5.41, 5.74) is 49.7. The number of aryl methyl sites for hydroxylation is 4. The van der Waals surface area contributed by atoms with E-state index in [1.165, 1.54) is 218 Å². The molecule has 0 N–H and O–H groups in total. The number of hydrogen-bond acceptors (Lipinski definition) is 6. The molecule has 0 fully saturated rings. The van der Waals surface area contributed by atoms with Crippen molar-refractivity contribution in [3.63, 3.8) is 0 Å². The third-order valence-corrected chi connectivity index (χ3v) is 32.9. The van der Waals surface area contributed by atoms with Crippen molar-refractivity contribution in [1.82, 2.24) is 0 Å². The molecular formula is C144H124N4O2. The minimum absolute atomic E-state index is 0.104. The molecule has 2 aliphatic carbocycles. The first-order valence-electron chi connectivity index (χ1n) is 53.2. The predicted octanol–water partition coefficient (Wildman–Crippen LogP) is 38.0. The number of hydrogen-bond donors (Lipinski definition) is 0. The van der Waals surface area contributed by atoms with Crippen molar-refractivity contribution >= 4 is 68.2 Å². The minimum atomic E-state index is -0.495. The molecule has 0 saturated carbocycles. The van der Waals surface area contributed by atoms with E-state index in [9.17, 15) is 0 Å². The molecule has 6 heterocycles. The SMILES string of the molecule is Cc1ccc2c(c1)C1(c3ccccc3-2)c2ccccc2N(c2ccc(C(C)(C)C)cc2)c2ccccc21.Cc1ccc2c(c1)C1(c3ccccc3-c3ccccc31)c1ccccc1N2c1ccc(C(C)(C)C)cc1.Cc1ccc2c(c1)C1(c3ccccc3O2)c2ccccc2N(c2ccc(C(C)(C)C)cc2)c2ccccc21.Cc1ccc2c(c1)C1(c3ccccc3Oc3ccccc31)c1ccccc1N2c1ccc(C(C)(C)C)cc1. The van der Waals surface area contributed by atoms with Gasteiger partial charge in [-0.15, -0.1) is 0 Å². The third-order valence-electron chi connectivity index (χ3n) is 32.9. The van der Waals surface area contributed by atoms with Crippen LogP contribution < -0.4 is 29.1 Å². The Hall–Kier alpha value is -16.8. The molecular weight excluding hydrogens is 1820 g/mol. The van der Waals surface area contributed by atoms with Gasteiger partial charge >= 0.3 is 0 Å². The van der Waals surface area contributed by atoms with Crippen molar-refractivity contribution in [2.24, 2.45) is 0 Å². The van der Waals surface area contributed by atoms with Gasteiger partial charge in [-0.1, -0.05) is 445 Å². The van der Waals surface area contributed by atoms with Crippen LogP contribution in [-0.4, -0.2) is 0 Å². The van der Waals surface area contributed by atoms with Crippen LogP contribution in [0.5, 0.6) is 23.0 Å². The molecule has 0 bridgehead atoms. The maximum atomic E-state index is 6.53. The quantitative estimate of drug-likeness (QED) is 0.175. The van der Waals surface area contributed by atoms with Crippen molar-refractivity contribution < 1.29 is 9.47 Å². The fraction of sp³-hybridized carbons (Fsp3) is 0.167. The standard InChI is InChI=1S/2C36H31NO.2C36H31N/c1-24-17-22-32-30(23-24)36(28-12-6-9-15-33(28)38-34-16-10-7-13-29(34)36)27-11-5-8-14-31(27)37(32)26-20-18-25(19-21-26)35(2,3)4;1-24-17-22-34-30(23-24)36(29-13-7-10-16-33(29)38-34)27-11-5-8-14-31(27)37(32-15-9-6-12-28(32)36)26-20-18-25(19-21-26)35(2,3)4;1-24-17-22-34-32(23-24)36(29-13-7-5-11-27(29)28-12-6-8-14-30(28)36)31-15-9-10-16-33(31)37(34)26-20-18-25(19-21-26)35(2,3)4;1-24-17-22-28-27-11-5-6-12-29(27)36(32(28)23-24)30-13-7-9-15-33(30)37(34-16-10-8-14-31(34)36)26-20-18-25(19-21-26)35(2,3)4/h2*5-23H,1-4H3;2*5-23H,1-4H3. The normalized spacial score (nSPS) is 14.7. The molecule has 6 heteroatoms. The summed E-state index contributed by atoms with van der Waals surface area (Å²) in [5.74, 6) is 3.66. The molecule has 0 radical (unpaired) electrons. The molecule has 0 unspecified atom stereocenters. The van der Waals surface area contributed by atoms with Crippen LogP contribution in [0, 0.1) is 27.7 Å². The fourth-order valence-corrected chi connectivity index (χ4v) is 26.0. The summed E-state index contributed by atoms with van der Waals surface area (Å²) >= 11 is 0. The summed E-state index contributed by atoms with van der Waals surface area (Å²) in [6, 6.07) is 170. The van der Waals surface area contributed by atoms with E-state index in [1.54, 1.807) is 0 Å². The van der Waals surface area contributed by atoms with E-state index in [0.717, 1.165) is 28.7 Å². The Morgan fingerprint density at radius 1 is 0.153 bits per heavy atom. The van der Waals surface area contributed by atoms with Gasteiger partial charge in [0.2, 0.25) is 0 Å². The zero-order chi connectivity index (χ0) is 103. The Bertz CT molecular complexity index is 8390. The van der Waals surface area contributed by atoms with Crippen LogP contribution in [-0.2, 0) is 43.3 Å². The molecule has 4 spiro atoms. The lowest BCUT2D eigenvalue weighted by Crippen LogP contribution is -2.39. The van der Waals surface area contributed by atoms with E-state index < -0.39 is 10.8 Å². The van der Waals surface area contributed by atoms with E-state index in [-0.39, 0.29) is 32.5 Å². The zero-order valence-electron chi connectivity index (χ0n) is 88.5. The Morgan fingerprint density at radius 3 is 0.620 bits per heavy atom. The maximum absolute atomic E-state index is 6.53. The average molecular weight is 1940 g/mol. The van der Waals surface area contributed by atoms with E-state index in [2.05, 4.69) is 591 Å². The van der Waals surface area contributed by atoms with Gasteiger partial charge in [0.05, 0.1) is 67.2 Å². The van der Waals surface area contributed by atoms with Crippen molar-refractivity contribution in [2.45, 2.75) is 154 Å². The second kappa shape index (κ2) is 35.5. The van der Waals surface area contributed by atoms with Crippen LogP contribution in [0.2, 0.25) is 0 Å². The van der Waals surface area contributed by atoms with Gasteiger partial charge in [-0.2, -0.15) is 0 Å². The van der Waals surface area contributed by atoms with E-state index in [4.69, 9.17) is 9.47 Å². The van der Waals surface area contributed by atoms with Gasteiger partial charge in [0.25, 0.3) is 0 Å². The topological polar surface area (TPSA) is 31.4 Å². The van der Waals surface area contributed by atoms with Crippen LogP contribution >= 0.6 is 0 Å². The summed E-state index contributed by atoms with van der Waals surface area (Å²) in [6.45, 7) is 36.0. The lowest BCUT2D eigenvalue weighted by atomic mass is 9.61. The average Bonchev–Trinajstić information content (AvgIpc) is 1.55. The number of benzene rings is 20. The van der Waals surface area contributed by atoms with Crippen LogP contribution in [0.25, 0.3) is 22.3 Å². The van der Waals surface area contributed by atoms with Crippen LogP contribution in [0.15, 0.2) is 461 Å². The first kappa shape index (κ1) is 94.2. The number of anilines is 12. The van der Waals surface area contributed by atoms with Crippen molar-refractivity contribution in [1.29, 1.82) is 0 Å². The van der Waals surface area contributed by atoms with Gasteiger partial charge in [0, 0.05) is 45.0 Å². The molecule has 6 aliphatic heterocycles. The lowest BCUT2D eigenvalue weighted by Gasteiger charge is -2.48. The molecule has 8 aliphatic rings. The molecule has 20 aromatic rings. The van der Waals surface area contributed by atoms with Gasteiger partial charge in [0.15, 0.2) is 0 Å². The highest BCUT2D eigenvalue weighted by Gasteiger charge is 2.57. The van der Waals surface area contributed by atoms with Crippen molar-refractivity contribution in [3.8, 4) is 45.3 Å². The van der Waals surface area contributed by atoms with Crippen LogP contribution in [0.3, 0.4) is 0 Å². The number of ether oxygens (including phenoxy) is 2. The number of para-hydroxylation sites is 9. The predicted molar refractivity (Wildman–Crippen MR) is 624 cm³/mol. The monoisotopic (exact) mass is 1940 g/mol. The highest BCUT2D eigenvalue weighted by molar-refractivity contribution is 6.00. The Morgan fingerprint density at radius 2 is 0.340 bits per heavy atom. The lowest BCUT2D eigenvalue weighted by molar-refractivity contribution is 0.433. The molecule has 0 atom stereocenters. The smallest absolute Gasteiger partial charge is 0.132 e. The van der Waals surface area contributed by atoms with Crippen molar-refractivity contribution in [3.05, 3.63) is 595 Å². The van der Waals surface area contributed by atoms with Gasteiger partial charge in [-0.25, -0.2) is 0 Å². The molecule has 28 rings (SSSR count). The second-order valence-electron chi connectivity index (χ2n) is 46.1. The van der Waals surface area contributed by atoms with Crippen LogP contribution in [0.1, 0.15) is 217 Å². The van der Waals surface area contributed by atoms with Gasteiger partial charge in [-0.3, -0.25) is 0 Å². The maximum Gasteiger partial charge on any atom is 0.132 e. The summed E-state index contributed by atoms with van der Waals surface area (Å²) < 4.78 is 13.0. The molecule has 0 saturated heterocycles. The largest absolute Gasteiger partial charge is 0.457 e. The van der Waals surface area contributed by atoms with Crippen molar-refractivity contribution in [2.75, 3.05) is 19.6 Å². The molecule has 6 nitrogen and oxygen atoms in total. The third kappa shape index (κ3) is 14.5. The van der Waals surface area contributed by atoms with Crippen LogP contribution in [0.4, 0.5) is 68.2 Å². The first-order valence-corrected chi connectivity index (χ1v) is 53.2. The molecule has 732 valence electrons. The summed E-state index contributed by atoms with van der Waals surface area (Å²) in [7, 11) is 0. The summed E-state index contributed by atoms with van der Waals surface area (Å²) in [6.07, 6.45) is 0. The Balaban J connectivity index is 0.000000104. The summed E-state index contributed by atoms with van der Waals surface area (Å²) in [4.78, 5) is 9.78. The zero-order valence-corrected chi connectivity index (χ0v) is 88.5. The van der Waals surface area contributed by atoms with Gasteiger partial charge < -0.3 is 29.1 Å². The Labute approximate surface area is 885 Å².